The molecule has 1 aromatic carbocycles. The second-order valence-electron chi connectivity index (χ2n) is 1.88. The molecule has 0 aliphatic rings. The van der Waals surface area contributed by atoms with Crippen LogP contribution in [-0.2, 0) is 0 Å². The minimum Gasteiger partial charge on any atom is -0.539 e. The van der Waals surface area contributed by atoms with Crippen molar-refractivity contribution in [3.63, 3.8) is 0 Å². The maximum absolute atomic E-state index is 12.5. The highest BCUT2D eigenvalue weighted by atomic mass is 35.5. The summed E-state index contributed by atoms with van der Waals surface area (Å²) in [4.78, 5) is 0. The van der Waals surface area contributed by atoms with Crippen LogP contribution >= 0.6 is 11.6 Å². The molecule has 0 spiro atoms. The van der Waals surface area contributed by atoms with Gasteiger partial charge in [-0.2, -0.15) is 0 Å². The van der Waals surface area contributed by atoms with Crippen LogP contribution in [0.2, 0.25) is 5.02 Å². The van der Waals surface area contributed by atoms with Gasteiger partial charge in [-0.3, -0.25) is 0 Å². The van der Waals surface area contributed by atoms with Crippen molar-refractivity contribution in [1.82, 2.24) is 0 Å². The average Bonchev–Trinajstić information content (AvgIpc) is 1.85. The van der Waals surface area contributed by atoms with Gasteiger partial charge in [-0.1, -0.05) is 11.6 Å². The van der Waals surface area contributed by atoms with E-state index in [0.29, 0.717) is 0 Å². The molecule has 11 heavy (non-hydrogen) atoms. The van der Waals surface area contributed by atoms with E-state index in [0.717, 1.165) is 12.1 Å². The lowest BCUT2D eigenvalue weighted by Crippen LogP contribution is -1.99. The first-order valence-corrected chi connectivity index (χ1v) is 3.30. The van der Waals surface area contributed by atoms with Gasteiger partial charge >= 0.3 is 7.69 Å². The molecule has 1 rings (SSSR count). The third kappa shape index (κ3) is 2.40. The van der Waals surface area contributed by atoms with Gasteiger partial charge in [0.05, 0.1) is 0 Å². The first-order chi connectivity index (χ1) is 5.22. The molecular formula is C6H5BClFO2. The van der Waals surface area contributed by atoms with Gasteiger partial charge in [-0.25, -0.2) is 4.39 Å². The largest absolute Gasteiger partial charge is 0.539 e. The minimum atomic E-state index is -0.486. The summed E-state index contributed by atoms with van der Waals surface area (Å²) in [6.45, 7) is 0. The predicted molar refractivity (Wildman–Crippen MR) is 41.4 cm³/mol. The van der Waals surface area contributed by atoms with Crippen LogP contribution in [0.25, 0.3) is 0 Å². The number of benzene rings is 1. The quantitative estimate of drug-likeness (QED) is 0.681. The highest BCUT2D eigenvalue weighted by Crippen LogP contribution is 2.19. The van der Waals surface area contributed by atoms with Gasteiger partial charge in [0.2, 0.25) is 0 Å². The Kier molecular flexibility index (Phi) is 2.73. The number of hydrogen-bond donors (Lipinski definition) is 1. The fourth-order valence-electron chi connectivity index (χ4n) is 0.686. The zero-order valence-electron chi connectivity index (χ0n) is 5.55. The Balaban J connectivity index is 2.89. The van der Waals surface area contributed by atoms with Crippen LogP contribution in [0.1, 0.15) is 0 Å². The maximum Gasteiger partial charge on any atom is 0.504 e. The molecule has 1 aromatic rings. The molecule has 0 radical (unpaired) electrons. The van der Waals surface area contributed by atoms with Gasteiger partial charge in [0.25, 0.3) is 0 Å². The molecule has 0 aliphatic heterocycles. The molecule has 0 bridgehead atoms. The topological polar surface area (TPSA) is 29.5 Å². The van der Waals surface area contributed by atoms with E-state index in [9.17, 15) is 4.39 Å². The van der Waals surface area contributed by atoms with E-state index < -0.39 is 13.5 Å². The second-order valence-corrected chi connectivity index (χ2v) is 2.32. The van der Waals surface area contributed by atoms with Gasteiger partial charge in [-0.15, -0.1) is 0 Å². The zero-order valence-corrected chi connectivity index (χ0v) is 6.31. The van der Waals surface area contributed by atoms with Crippen molar-refractivity contribution in [2.75, 3.05) is 0 Å². The Morgan fingerprint density at radius 2 is 2.18 bits per heavy atom. The van der Waals surface area contributed by atoms with Gasteiger partial charge < -0.3 is 9.68 Å². The highest BCUT2D eigenvalue weighted by Gasteiger charge is 1.98. The molecular weight excluding hydrogens is 169 g/mol. The minimum absolute atomic E-state index is 0.220. The van der Waals surface area contributed by atoms with Crippen LogP contribution in [0, 0.1) is 5.82 Å². The van der Waals surface area contributed by atoms with Crippen molar-refractivity contribution >= 4 is 19.3 Å². The average molecular weight is 174 g/mol. The summed E-state index contributed by atoms with van der Waals surface area (Å²) >= 11 is 5.48. The molecule has 0 amide bonds. The van der Waals surface area contributed by atoms with E-state index in [1.54, 1.807) is 0 Å². The van der Waals surface area contributed by atoms with Crippen molar-refractivity contribution in [2.24, 2.45) is 0 Å². The Morgan fingerprint density at radius 3 is 2.73 bits per heavy atom. The van der Waals surface area contributed by atoms with Crippen molar-refractivity contribution in [3.05, 3.63) is 29.0 Å². The smallest absolute Gasteiger partial charge is 0.504 e. The molecule has 0 saturated heterocycles. The Bertz CT molecular complexity index is 236. The number of hydrogen-bond acceptors (Lipinski definition) is 2. The van der Waals surface area contributed by atoms with Gasteiger partial charge in [0.15, 0.2) is 0 Å². The lowest BCUT2D eigenvalue weighted by Gasteiger charge is -2.01. The number of halogens is 2. The lowest BCUT2D eigenvalue weighted by molar-refractivity contribution is 0.451. The molecule has 2 nitrogen and oxygen atoms in total. The number of rotatable bonds is 2. The van der Waals surface area contributed by atoms with Gasteiger partial charge in [0, 0.05) is 11.1 Å². The van der Waals surface area contributed by atoms with E-state index >= 15 is 0 Å². The predicted octanol–water partition coefficient (Wildman–Crippen LogP) is 1.12. The van der Waals surface area contributed by atoms with Crippen molar-refractivity contribution in [1.29, 1.82) is 0 Å². The van der Waals surface area contributed by atoms with E-state index in [1.165, 1.54) is 6.07 Å². The molecule has 5 heteroatoms. The maximum atomic E-state index is 12.5. The third-order valence-electron chi connectivity index (χ3n) is 1.07. The summed E-state index contributed by atoms with van der Waals surface area (Å²) < 4.78 is 17.1. The molecule has 0 aliphatic carbocycles. The molecule has 0 heterocycles. The summed E-state index contributed by atoms with van der Waals surface area (Å²) in [5, 5.41) is 8.56. The first kappa shape index (κ1) is 8.36. The molecule has 58 valence electrons. The van der Waals surface area contributed by atoms with Crippen LogP contribution < -0.4 is 4.65 Å². The summed E-state index contributed by atoms with van der Waals surface area (Å²) in [5.74, 6) is -0.265. The van der Waals surface area contributed by atoms with E-state index in [2.05, 4.69) is 4.65 Å². The molecule has 0 fully saturated rings. The monoisotopic (exact) mass is 174 g/mol. The molecule has 1 N–H and O–H groups in total. The normalized spacial score (nSPS) is 9.36. The van der Waals surface area contributed by atoms with E-state index in [4.69, 9.17) is 16.6 Å². The molecule has 0 unspecified atom stereocenters. The Labute approximate surface area is 68.9 Å². The highest BCUT2D eigenvalue weighted by molar-refractivity contribution is 6.30. The van der Waals surface area contributed by atoms with Crippen LogP contribution in [0.5, 0.6) is 5.75 Å². The van der Waals surface area contributed by atoms with Crippen molar-refractivity contribution in [2.45, 2.75) is 0 Å². The first-order valence-electron chi connectivity index (χ1n) is 2.92. The van der Waals surface area contributed by atoms with Crippen molar-refractivity contribution in [3.8, 4) is 5.75 Å². The lowest BCUT2D eigenvalue weighted by atomic mass is 10.3. The summed E-state index contributed by atoms with van der Waals surface area (Å²) in [5.41, 5.74) is 0. The second kappa shape index (κ2) is 3.60. The Morgan fingerprint density at radius 1 is 1.45 bits per heavy atom. The summed E-state index contributed by atoms with van der Waals surface area (Å²) in [7, 11) is -0.486. The molecule has 0 aromatic heterocycles. The van der Waals surface area contributed by atoms with Gasteiger partial charge in [0.1, 0.15) is 11.6 Å². The van der Waals surface area contributed by atoms with Crippen LogP contribution in [0.15, 0.2) is 18.2 Å². The van der Waals surface area contributed by atoms with Crippen LogP contribution in [0.4, 0.5) is 4.39 Å². The van der Waals surface area contributed by atoms with Gasteiger partial charge in [-0.05, 0) is 12.1 Å². The van der Waals surface area contributed by atoms with Crippen molar-refractivity contribution < 1.29 is 14.1 Å². The summed E-state index contributed by atoms with van der Waals surface area (Å²) in [6, 6.07) is 3.72. The summed E-state index contributed by atoms with van der Waals surface area (Å²) in [6.07, 6.45) is 0. The zero-order chi connectivity index (χ0) is 8.27. The third-order valence-corrected chi connectivity index (χ3v) is 1.29. The molecule has 0 atom stereocenters. The van der Waals surface area contributed by atoms with Crippen LogP contribution in [-0.4, -0.2) is 12.7 Å². The van der Waals surface area contributed by atoms with Crippen LogP contribution in [0.3, 0.4) is 0 Å². The fourth-order valence-corrected chi connectivity index (χ4v) is 0.898. The molecule has 0 saturated carbocycles. The van der Waals surface area contributed by atoms with E-state index in [1.807, 2.05) is 0 Å². The SMILES string of the molecule is OBOc1cc(F)cc(Cl)c1. The van der Waals surface area contributed by atoms with E-state index in [-0.39, 0.29) is 10.8 Å². The standard InChI is InChI=1S/C6H5BClFO2/c8-4-1-5(9)3-6(2-4)11-7-10/h1-3,7,10H. The fraction of sp³-hybridized carbons (Fsp3) is 0. The Hall–Kier alpha value is -0.735.